The minimum atomic E-state index is 0. The number of aromatic amines is 1. The Morgan fingerprint density at radius 3 is 2.64 bits per heavy atom. The summed E-state index contributed by atoms with van der Waals surface area (Å²) in [4.78, 5) is 12.2. The molecule has 2 heterocycles. The fourth-order valence-electron chi connectivity index (χ4n) is 3.14. The van der Waals surface area contributed by atoms with Gasteiger partial charge in [0.2, 0.25) is 0 Å². The Labute approximate surface area is 168 Å². The zero-order valence-corrected chi connectivity index (χ0v) is 16.7. The second-order valence-corrected chi connectivity index (χ2v) is 6.02. The van der Waals surface area contributed by atoms with E-state index in [9.17, 15) is 0 Å². The van der Waals surface area contributed by atoms with Crippen LogP contribution in [0, 0.1) is 6.92 Å². The summed E-state index contributed by atoms with van der Waals surface area (Å²) < 4.78 is 11.1. The van der Waals surface area contributed by atoms with Crippen molar-refractivity contribution < 1.29 is 14.9 Å². The maximum absolute atomic E-state index is 5.77. The van der Waals surface area contributed by atoms with Crippen molar-refractivity contribution in [1.29, 1.82) is 0 Å². The summed E-state index contributed by atoms with van der Waals surface area (Å²) in [5.74, 6) is 1.53. The number of fused-ring (bicyclic) bond motifs is 3. The molecule has 4 aromatic rings. The molecule has 0 spiro atoms. The molecule has 0 fully saturated rings. The van der Waals surface area contributed by atoms with Crippen molar-refractivity contribution in [3.63, 3.8) is 0 Å². The quantitative estimate of drug-likeness (QED) is 0.521. The largest absolute Gasteiger partial charge is 0.497 e. The normalized spacial score (nSPS) is 10.2. The number of H-pyrrole nitrogens is 1. The van der Waals surface area contributed by atoms with E-state index in [2.05, 4.69) is 26.3 Å². The topological polar surface area (TPSA) is 104 Å². The van der Waals surface area contributed by atoms with Gasteiger partial charge in [0.15, 0.2) is 0 Å². The lowest BCUT2D eigenvalue weighted by molar-refractivity contribution is 0.341. The molecule has 4 rings (SSSR count). The molecule has 28 heavy (non-hydrogen) atoms. The van der Waals surface area contributed by atoms with E-state index < -0.39 is 0 Å². The van der Waals surface area contributed by atoms with Gasteiger partial charge in [-0.1, -0.05) is 0 Å². The van der Waals surface area contributed by atoms with Gasteiger partial charge in [-0.05, 0) is 44.2 Å². The number of hydrogen-bond donors (Lipinski definition) is 2. The highest BCUT2D eigenvalue weighted by Crippen LogP contribution is 2.36. The molecule has 0 amide bonds. The zero-order chi connectivity index (χ0) is 18.1. The molecule has 2 aromatic carbocycles. The van der Waals surface area contributed by atoms with Crippen molar-refractivity contribution in [3.8, 4) is 11.5 Å². The number of nitrogens with zero attached hydrogens (tertiary/aromatic N) is 2. The number of halogens is 1. The molecular formula is C20H23ClN4O3. The van der Waals surface area contributed by atoms with Crippen LogP contribution >= 0.6 is 12.4 Å². The second-order valence-electron chi connectivity index (χ2n) is 6.02. The average molecular weight is 403 g/mol. The molecule has 0 aliphatic rings. The molecule has 7 nitrogen and oxygen atoms in total. The van der Waals surface area contributed by atoms with Gasteiger partial charge in [0.25, 0.3) is 0 Å². The van der Waals surface area contributed by atoms with Gasteiger partial charge in [-0.25, -0.2) is 9.97 Å². The van der Waals surface area contributed by atoms with Crippen LogP contribution in [-0.2, 0) is 0 Å². The number of rotatable bonds is 5. The van der Waals surface area contributed by atoms with Crippen LogP contribution in [0.2, 0.25) is 0 Å². The van der Waals surface area contributed by atoms with Crippen LogP contribution < -0.4 is 14.8 Å². The molecule has 0 radical (unpaired) electrons. The van der Waals surface area contributed by atoms with Crippen molar-refractivity contribution in [2.75, 3.05) is 19.0 Å². The molecule has 0 unspecified atom stereocenters. The van der Waals surface area contributed by atoms with Crippen LogP contribution in [0.15, 0.2) is 42.7 Å². The second kappa shape index (κ2) is 8.77. The SMILES string of the molecule is CCOc1ccc(OC)cc1Nc1cc(C)[nH]c2ccc3ncnc3c12.Cl.O. The molecule has 8 heteroatoms. The van der Waals surface area contributed by atoms with E-state index in [4.69, 9.17) is 9.47 Å². The van der Waals surface area contributed by atoms with Crippen molar-refractivity contribution in [2.45, 2.75) is 13.8 Å². The highest BCUT2D eigenvalue weighted by atomic mass is 35.5. The van der Waals surface area contributed by atoms with E-state index in [0.717, 1.165) is 50.5 Å². The predicted octanol–water partition coefficient (Wildman–Crippen LogP) is 4.17. The van der Waals surface area contributed by atoms with Crippen LogP contribution in [-0.4, -0.2) is 34.1 Å². The number of benzene rings is 2. The number of aryl methyl sites for hydroxylation is 1. The Morgan fingerprint density at radius 1 is 1.07 bits per heavy atom. The van der Waals surface area contributed by atoms with Gasteiger partial charge in [-0.2, -0.15) is 0 Å². The van der Waals surface area contributed by atoms with E-state index in [-0.39, 0.29) is 17.9 Å². The summed E-state index contributed by atoms with van der Waals surface area (Å²) in [5, 5.41) is 4.50. The first kappa shape index (κ1) is 21.3. The molecule has 2 aromatic heterocycles. The third kappa shape index (κ3) is 3.81. The molecule has 0 aliphatic heterocycles. The number of imidazole rings is 1. The van der Waals surface area contributed by atoms with E-state index in [0.29, 0.717) is 6.61 Å². The van der Waals surface area contributed by atoms with Gasteiger partial charge in [0.1, 0.15) is 23.3 Å². The number of pyridine rings is 1. The Bertz CT molecular complexity index is 1100. The van der Waals surface area contributed by atoms with Gasteiger partial charge in [0, 0.05) is 22.7 Å². The van der Waals surface area contributed by atoms with Crippen molar-refractivity contribution in [1.82, 2.24) is 15.0 Å². The monoisotopic (exact) mass is 402 g/mol. The first-order valence-corrected chi connectivity index (χ1v) is 8.50. The summed E-state index contributed by atoms with van der Waals surface area (Å²) >= 11 is 0. The summed E-state index contributed by atoms with van der Waals surface area (Å²) in [6.45, 7) is 4.58. The number of aromatic nitrogens is 3. The number of nitrogens with one attached hydrogen (secondary N) is 2. The number of methoxy groups -OCH3 is 1. The zero-order valence-electron chi connectivity index (χ0n) is 15.9. The van der Waals surface area contributed by atoms with Gasteiger partial charge in [-0.3, -0.25) is 0 Å². The van der Waals surface area contributed by atoms with Crippen molar-refractivity contribution >= 4 is 45.7 Å². The molecular weight excluding hydrogens is 380 g/mol. The van der Waals surface area contributed by atoms with Crippen molar-refractivity contribution in [2.24, 2.45) is 0 Å². The lowest BCUT2D eigenvalue weighted by atomic mass is 10.1. The first-order chi connectivity index (χ1) is 12.7. The van der Waals surface area contributed by atoms with Gasteiger partial charge >= 0.3 is 0 Å². The van der Waals surface area contributed by atoms with Crippen LogP contribution in [0.1, 0.15) is 12.6 Å². The molecule has 0 saturated carbocycles. The number of ether oxygens (including phenoxy) is 2. The summed E-state index contributed by atoms with van der Waals surface area (Å²) in [6, 6.07) is 11.8. The maximum atomic E-state index is 5.77. The minimum absolute atomic E-state index is 0. The first-order valence-electron chi connectivity index (χ1n) is 8.50. The van der Waals surface area contributed by atoms with Crippen LogP contribution in [0.25, 0.3) is 21.9 Å². The number of anilines is 2. The Kier molecular flexibility index (Phi) is 6.66. The lowest BCUT2D eigenvalue weighted by Gasteiger charge is -2.16. The Morgan fingerprint density at radius 2 is 1.89 bits per heavy atom. The molecule has 0 bridgehead atoms. The lowest BCUT2D eigenvalue weighted by Crippen LogP contribution is -2.00. The third-order valence-electron chi connectivity index (χ3n) is 4.26. The maximum Gasteiger partial charge on any atom is 0.142 e. The summed E-state index contributed by atoms with van der Waals surface area (Å²) in [6.07, 6.45) is 1.59. The highest BCUT2D eigenvalue weighted by Gasteiger charge is 2.13. The van der Waals surface area contributed by atoms with Gasteiger partial charge in [-0.15, -0.1) is 12.4 Å². The molecule has 0 atom stereocenters. The molecule has 0 saturated heterocycles. The summed E-state index contributed by atoms with van der Waals surface area (Å²) in [5.41, 5.74) is 5.56. The van der Waals surface area contributed by atoms with E-state index >= 15 is 0 Å². The number of hydrogen-bond acceptors (Lipinski definition) is 5. The third-order valence-corrected chi connectivity index (χ3v) is 4.26. The molecule has 4 N–H and O–H groups in total. The smallest absolute Gasteiger partial charge is 0.142 e. The Balaban J connectivity index is 0.00000140. The Hall–Kier alpha value is -3.03. The van der Waals surface area contributed by atoms with E-state index in [1.54, 1.807) is 13.4 Å². The van der Waals surface area contributed by atoms with Crippen molar-refractivity contribution in [3.05, 3.63) is 48.4 Å². The average Bonchev–Trinajstić information content (AvgIpc) is 3.11. The summed E-state index contributed by atoms with van der Waals surface area (Å²) in [7, 11) is 1.65. The van der Waals surface area contributed by atoms with Gasteiger partial charge < -0.3 is 25.3 Å². The molecule has 148 valence electrons. The van der Waals surface area contributed by atoms with Gasteiger partial charge in [0.05, 0.1) is 30.6 Å². The predicted molar refractivity (Wildman–Crippen MR) is 114 cm³/mol. The van der Waals surface area contributed by atoms with E-state index in [1.165, 1.54) is 0 Å². The standard InChI is InChI=1S/C20H20N4O2.ClH.H2O/c1-4-26-18-8-5-13(25-3)10-16(18)24-17-9-12(2)23-14-6-7-15-20(19(14)17)22-11-21-15;;/h5-11,23-24H,4H2,1-3H3;1H;1H2. The van der Waals surface area contributed by atoms with Crippen LogP contribution in [0.3, 0.4) is 0 Å². The molecule has 0 aliphatic carbocycles. The fraction of sp³-hybridized carbons (Fsp3) is 0.200. The van der Waals surface area contributed by atoms with Crippen LogP contribution in [0.4, 0.5) is 11.4 Å². The van der Waals surface area contributed by atoms with Crippen LogP contribution in [0.5, 0.6) is 11.5 Å². The fourth-order valence-corrected chi connectivity index (χ4v) is 3.14. The highest BCUT2D eigenvalue weighted by molar-refractivity contribution is 6.10. The van der Waals surface area contributed by atoms with E-state index in [1.807, 2.05) is 44.2 Å². The minimum Gasteiger partial charge on any atom is -0.497 e.